The Hall–Kier alpha value is -0.760. The van der Waals surface area contributed by atoms with Gasteiger partial charge in [-0.2, -0.15) is 0 Å². The van der Waals surface area contributed by atoms with E-state index in [4.69, 9.17) is 4.42 Å². The topological polar surface area (TPSA) is 25.2 Å². The zero-order valence-corrected chi connectivity index (χ0v) is 9.26. The van der Waals surface area contributed by atoms with Crippen LogP contribution in [0.15, 0.2) is 23.0 Å². The summed E-state index contributed by atoms with van der Waals surface area (Å²) in [6.45, 7) is 7.98. The van der Waals surface area contributed by atoms with Crippen LogP contribution in [0.2, 0.25) is 0 Å². The molecule has 1 unspecified atom stereocenters. The molecular formula is C12H19NO. The van der Waals surface area contributed by atoms with Gasteiger partial charge in [0.1, 0.15) is 0 Å². The molecule has 0 radical (unpaired) electrons. The summed E-state index contributed by atoms with van der Waals surface area (Å²) in [6.07, 6.45) is 6.10. The third kappa shape index (κ3) is 1.29. The van der Waals surface area contributed by atoms with E-state index in [1.54, 1.807) is 6.26 Å². The zero-order chi connectivity index (χ0) is 10.2. The van der Waals surface area contributed by atoms with Crippen molar-refractivity contribution in [3.05, 3.63) is 24.2 Å². The van der Waals surface area contributed by atoms with Gasteiger partial charge in [-0.25, -0.2) is 0 Å². The third-order valence-electron chi connectivity index (χ3n) is 3.45. The van der Waals surface area contributed by atoms with Gasteiger partial charge >= 0.3 is 0 Å². The first kappa shape index (κ1) is 9.78. The molecule has 2 nitrogen and oxygen atoms in total. The van der Waals surface area contributed by atoms with Crippen LogP contribution in [0.4, 0.5) is 0 Å². The average molecular weight is 193 g/mol. The smallest absolute Gasteiger partial charge is 0.0953 e. The highest BCUT2D eigenvalue weighted by Gasteiger charge is 2.45. The third-order valence-corrected chi connectivity index (χ3v) is 3.45. The van der Waals surface area contributed by atoms with Gasteiger partial charge in [-0.1, -0.05) is 20.8 Å². The molecule has 0 bridgehead atoms. The summed E-state index contributed by atoms with van der Waals surface area (Å²) in [7, 11) is 0. The molecule has 1 N–H and O–H groups in total. The van der Waals surface area contributed by atoms with Crippen LogP contribution in [0.25, 0.3) is 0 Å². The van der Waals surface area contributed by atoms with Gasteiger partial charge in [0, 0.05) is 5.56 Å². The molecule has 14 heavy (non-hydrogen) atoms. The second-order valence-electron chi connectivity index (χ2n) is 5.20. The highest BCUT2D eigenvalue weighted by Crippen LogP contribution is 2.45. The van der Waals surface area contributed by atoms with Crippen LogP contribution in [-0.4, -0.2) is 6.54 Å². The summed E-state index contributed by atoms with van der Waals surface area (Å²) in [5.41, 5.74) is 1.63. The van der Waals surface area contributed by atoms with Gasteiger partial charge in [-0.3, -0.25) is 0 Å². The van der Waals surface area contributed by atoms with Crippen LogP contribution >= 0.6 is 0 Å². The molecule has 78 valence electrons. The summed E-state index contributed by atoms with van der Waals surface area (Å²) >= 11 is 0. The first-order valence-electron chi connectivity index (χ1n) is 5.34. The monoisotopic (exact) mass is 193 g/mol. The van der Waals surface area contributed by atoms with Crippen LogP contribution < -0.4 is 5.32 Å². The molecule has 1 aliphatic heterocycles. The van der Waals surface area contributed by atoms with Gasteiger partial charge in [0.05, 0.1) is 18.1 Å². The number of hydrogen-bond donors (Lipinski definition) is 1. The first-order valence-corrected chi connectivity index (χ1v) is 5.34. The van der Waals surface area contributed by atoms with Crippen molar-refractivity contribution in [3.63, 3.8) is 0 Å². The van der Waals surface area contributed by atoms with Crippen LogP contribution in [-0.2, 0) is 5.54 Å². The molecule has 0 spiro atoms. The number of hydrogen-bond acceptors (Lipinski definition) is 2. The van der Waals surface area contributed by atoms with Gasteiger partial charge < -0.3 is 9.73 Å². The van der Waals surface area contributed by atoms with Gasteiger partial charge in [0.15, 0.2) is 0 Å². The lowest BCUT2D eigenvalue weighted by atomic mass is 9.69. The van der Waals surface area contributed by atoms with E-state index in [0.717, 1.165) is 6.54 Å². The van der Waals surface area contributed by atoms with Crippen LogP contribution in [0, 0.1) is 5.41 Å². The van der Waals surface area contributed by atoms with Gasteiger partial charge in [-0.05, 0) is 30.9 Å². The lowest BCUT2D eigenvalue weighted by Crippen LogP contribution is -2.47. The van der Waals surface area contributed by atoms with E-state index >= 15 is 0 Å². The molecule has 0 aliphatic carbocycles. The maximum Gasteiger partial charge on any atom is 0.0953 e. The summed E-state index contributed by atoms with van der Waals surface area (Å²) in [5, 5.41) is 3.65. The molecule has 1 fully saturated rings. The highest BCUT2D eigenvalue weighted by molar-refractivity contribution is 5.24. The Morgan fingerprint density at radius 2 is 2.21 bits per heavy atom. The number of furan rings is 1. The minimum Gasteiger partial charge on any atom is -0.472 e. The lowest BCUT2D eigenvalue weighted by Gasteiger charge is -2.41. The number of nitrogens with one attached hydrogen (secondary N) is 1. The van der Waals surface area contributed by atoms with Gasteiger partial charge in [0.25, 0.3) is 0 Å². The molecule has 2 rings (SSSR count). The predicted molar refractivity (Wildman–Crippen MR) is 57.1 cm³/mol. The highest BCUT2D eigenvalue weighted by atomic mass is 16.3. The minimum atomic E-state index is 0.111. The van der Waals surface area contributed by atoms with Crippen molar-refractivity contribution in [1.82, 2.24) is 5.32 Å². The van der Waals surface area contributed by atoms with Crippen molar-refractivity contribution in [2.45, 2.75) is 39.2 Å². The van der Waals surface area contributed by atoms with Gasteiger partial charge in [-0.15, -0.1) is 0 Å². The maximum atomic E-state index is 5.21. The Balaban J connectivity index is 2.42. The van der Waals surface area contributed by atoms with Crippen molar-refractivity contribution in [2.24, 2.45) is 5.41 Å². The fourth-order valence-electron chi connectivity index (χ4n) is 2.57. The van der Waals surface area contributed by atoms with E-state index in [0.29, 0.717) is 0 Å². The molecule has 1 aromatic rings. The van der Waals surface area contributed by atoms with Gasteiger partial charge in [0.2, 0.25) is 0 Å². The van der Waals surface area contributed by atoms with Crippen LogP contribution in [0.5, 0.6) is 0 Å². The SMILES string of the molecule is CC(C)(C)C1(c2ccoc2)CCCN1. The summed E-state index contributed by atoms with van der Waals surface area (Å²) in [4.78, 5) is 0. The van der Waals surface area contributed by atoms with E-state index in [1.807, 2.05) is 6.26 Å². The quantitative estimate of drug-likeness (QED) is 0.742. The second-order valence-corrected chi connectivity index (χ2v) is 5.20. The van der Waals surface area contributed by atoms with Crippen molar-refractivity contribution in [3.8, 4) is 0 Å². The normalized spacial score (nSPS) is 28.2. The average Bonchev–Trinajstić information content (AvgIpc) is 2.74. The fraction of sp³-hybridized carbons (Fsp3) is 0.667. The van der Waals surface area contributed by atoms with E-state index in [-0.39, 0.29) is 11.0 Å². The maximum absolute atomic E-state index is 5.21. The van der Waals surface area contributed by atoms with Crippen molar-refractivity contribution < 1.29 is 4.42 Å². The first-order chi connectivity index (χ1) is 6.56. The molecular weight excluding hydrogens is 174 g/mol. The van der Waals surface area contributed by atoms with Crippen LogP contribution in [0.3, 0.4) is 0 Å². The molecule has 0 amide bonds. The Labute approximate surface area is 85.7 Å². The lowest BCUT2D eigenvalue weighted by molar-refractivity contribution is 0.159. The van der Waals surface area contributed by atoms with Crippen LogP contribution in [0.1, 0.15) is 39.2 Å². The molecule has 2 heteroatoms. The second kappa shape index (κ2) is 3.13. The molecule has 0 aromatic carbocycles. The summed E-state index contributed by atoms with van der Waals surface area (Å²) in [6, 6.07) is 2.09. The Morgan fingerprint density at radius 1 is 1.43 bits per heavy atom. The van der Waals surface area contributed by atoms with Crippen molar-refractivity contribution >= 4 is 0 Å². The standard InChI is InChI=1S/C12H19NO/c1-11(2,3)12(6-4-7-13-12)10-5-8-14-9-10/h5,8-9,13H,4,6-7H2,1-3H3. The zero-order valence-electron chi connectivity index (χ0n) is 9.26. The van der Waals surface area contributed by atoms with E-state index < -0.39 is 0 Å². The summed E-state index contributed by atoms with van der Waals surface area (Å²) in [5.74, 6) is 0. The molecule has 1 aromatic heterocycles. The molecule has 0 saturated carbocycles. The van der Waals surface area contributed by atoms with E-state index in [1.165, 1.54) is 18.4 Å². The Morgan fingerprint density at radius 3 is 2.64 bits per heavy atom. The molecule has 1 saturated heterocycles. The minimum absolute atomic E-state index is 0.111. The molecule has 1 aliphatic rings. The fourth-order valence-corrected chi connectivity index (χ4v) is 2.57. The predicted octanol–water partition coefficient (Wildman–Crippen LogP) is 2.90. The largest absolute Gasteiger partial charge is 0.472 e. The van der Waals surface area contributed by atoms with E-state index in [2.05, 4.69) is 32.2 Å². The summed E-state index contributed by atoms with van der Waals surface area (Å²) < 4.78 is 5.21. The molecule has 2 heterocycles. The van der Waals surface area contributed by atoms with E-state index in [9.17, 15) is 0 Å². The Bertz CT molecular complexity index is 289. The van der Waals surface area contributed by atoms with Crippen molar-refractivity contribution in [2.75, 3.05) is 6.54 Å². The van der Waals surface area contributed by atoms with Crippen molar-refractivity contribution in [1.29, 1.82) is 0 Å². The molecule has 1 atom stereocenters. The number of rotatable bonds is 1. The Kier molecular flexibility index (Phi) is 2.18.